The highest BCUT2D eigenvalue weighted by Crippen LogP contribution is 2.39. The zero-order valence-corrected chi connectivity index (χ0v) is 13.4. The highest BCUT2D eigenvalue weighted by Gasteiger charge is 2.29. The van der Waals surface area contributed by atoms with Crippen molar-refractivity contribution in [2.75, 3.05) is 18.5 Å². The Bertz CT molecular complexity index is 621. The molecule has 3 rings (SSSR count). The first-order valence-electron chi connectivity index (χ1n) is 6.74. The molecule has 1 saturated carbocycles. The first-order chi connectivity index (χ1) is 10.1. The van der Waals surface area contributed by atoms with E-state index in [0.29, 0.717) is 24.3 Å². The largest absolute Gasteiger partial charge is 0.368 e. The second-order valence-corrected chi connectivity index (χ2v) is 7.03. The number of carbonyl (C=O) groups is 1. The second kappa shape index (κ2) is 6.07. The highest BCUT2D eigenvalue weighted by atomic mass is 32.2. The van der Waals surface area contributed by atoms with Crippen LogP contribution >= 0.6 is 23.1 Å². The Hall–Kier alpha value is -1.54. The molecule has 1 fully saturated rings. The summed E-state index contributed by atoms with van der Waals surface area (Å²) < 4.78 is 1.94. The van der Waals surface area contributed by atoms with Gasteiger partial charge in [0.2, 0.25) is 11.9 Å². The third-order valence-corrected chi connectivity index (χ3v) is 5.12. The fourth-order valence-corrected chi connectivity index (χ4v) is 3.73. The Labute approximate surface area is 131 Å². The molecule has 1 amide bonds. The van der Waals surface area contributed by atoms with E-state index in [9.17, 15) is 4.79 Å². The standard InChI is InChI=1S/C13H17N5OS2/c1-17(7-10-3-2-6-20-10)11(19)8-21-13-16-15-12(14)18(13)9-4-5-9/h2-3,6,9H,4-5,7-8H2,1H3,(H2,14,15). The molecule has 112 valence electrons. The van der Waals surface area contributed by atoms with Gasteiger partial charge in [0.05, 0.1) is 12.3 Å². The van der Waals surface area contributed by atoms with Crippen LogP contribution in [0.1, 0.15) is 23.8 Å². The van der Waals surface area contributed by atoms with Crippen LogP contribution < -0.4 is 5.73 Å². The van der Waals surface area contributed by atoms with Gasteiger partial charge in [0.25, 0.3) is 0 Å². The van der Waals surface area contributed by atoms with E-state index >= 15 is 0 Å². The van der Waals surface area contributed by atoms with Gasteiger partial charge in [0.15, 0.2) is 5.16 Å². The number of thiophene rings is 1. The van der Waals surface area contributed by atoms with Crippen LogP contribution in [0.25, 0.3) is 0 Å². The van der Waals surface area contributed by atoms with Gasteiger partial charge >= 0.3 is 0 Å². The number of nitrogens with two attached hydrogens (primary N) is 1. The van der Waals surface area contributed by atoms with Crippen molar-refractivity contribution in [2.24, 2.45) is 0 Å². The van der Waals surface area contributed by atoms with Crippen molar-refractivity contribution in [3.8, 4) is 0 Å². The van der Waals surface area contributed by atoms with E-state index in [-0.39, 0.29) is 5.91 Å². The number of thioether (sulfide) groups is 1. The molecule has 8 heteroatoms. The fraction of sp³-hybridized carbons (Fsp3) is 0.462. The fourth-order valence-electron chi connectivity index (χ4n) is 2.02. The third kappa shape index (κ3) is 3.38. The topological polar surface area (TPSA) is 77.0 Å². The van der Waals surface area contributed by atoms with Gasteiger partial charge in [0.1, 0.15) is 0 Å². The van der Waals surface area contributed by atoms with Crippen molar-refractivity contribution in [3.05, 3.63) is 22.4 Å². The molecular weight excluding hydrogens is 306 g/mol. The number of nitrogen functional groups attached to an aromatic ring is 1. The Morgan fingerprint density at radius 3 is 3.05 bits per heavy atom. The molecule has 0 atom stereocenters. The van der Waals surface area contributed by atoms with Crippen molar-refractivity contribution in [1.29, 1.82) is 0 Å². The molecule has 6 nitrogen and oxygen atoms in total. The van der Waals surface area contributed by atoms with Gasteiger partial charge < -0.3 is 10.6 Å². The summed E-state index contributed by atoms with van der Waals surface area (Å²) in [6, 6.07) is 4.45. The molecule has 2 heterocycles. The van der Waals surface area contributed by atoms with E-state index in [1.54, 1.807) is 16.2 Å². The third-order valence-electron chi connectivity index (χ3n) is 3.33. The molecule has 0 saturated heterocycles. The maximum absolute atomic E-state index is 12.2. The smallest absolute Gasteiger partial charge is 0.233 e. The van der Waals surface area contributed by atoms with Crippen molar-refractivity contribution < 1.29 is 4.79 Å². The monoisotopic (exact) mass is 323 g/mol. The first kappa shape index (κ1) is 14.4. The molecule has 2 aromatic heterocycles. The summed E-state index contributed by atoms with van der Waals surface area (Å²) >= 11 is 3.06. The number of rotatable bonds is 6. The van der Waals surface area contributed by atoms with Gasteiger partial charge in [0, 0.05) is 18.0 Å². The van der Waals surface area contributed by atoms with Crippen molar-refractivity contribution in [1.82, 2.24) is 19.7 Å². The number of nitrogens with zero attached hydrogens (tertiary/aromatic N) is 4. The van der Waals surface area contributed by atoms with Crippen LogP contribution in [0.4, 0.5) is 5.95 Å². The normalized spacial score (nSPS) is 14.3. The summed E-state index contributed by atoms with van der Waals surface area (Å²) in [5.74, 6) is 0.879. The van der Waals surface area contributed by atoms with Crippen LogP contribution in [0.2, 0.25) is 0 Å². The lowest BCUT2D eigenvalue weighted by Crippen LogP contribution is -2.27. The number of anilines is 1. The minimum atomic E-state index is 0.0809. The van der Waals surface area contributed by atoms with E-state index < -0.39 is 0 Å². The summed E-state index contributed by atoms with van der Waals surface area (Å²) in [7, 11) is 1.82. The van der Waals surface area contributed by atoms with E-state index in [0.717, 1.165) is 18.0 Å². The van der Waals surface area contributed by atoms with Gasteiger partial charge in [-0.05, 0) is 24.3 Å². The lowest BCUT2D eigenvalue weighted by Gasteiger charge is -2.15. The summed E-state index contributed by atoms with van der Waals surface area (Å²) in [6.07, 6.45) is 2.23. The minimum absolute atomic E-state index is 0.0809. The Morgan fingerprint density at radius 1 is 1.57 bits per heavy atom. The van der Waals surface area contributed by atoms with Crippen molar-refractivity contribution >= 4 is 35.0 Å². The lowest BCUT2D eigenvalue weighted by atomic mass is 10.4. The molecular formula is C13H17N5OS2. The van der Waals surface area contributed by atoms with Crippen LogP contribution in [0.3, 0.4) is 0 Å². The van der Waals surface area contributed by atoms with Crippen LogP contribution in [-0.4, -0.2) is 38.4 Å². The first-order valence-corrected chi connectivity index (χ1v) is 8.61. The molecule has 1 aliphatic carbocycles. The molecule has 1 aliphatic rings. The predicted octanol–water partition coefficient (Wildman–Crippen LogP) is 2.01. The molecule has 2 aromatic rings. The van der Waals surface area contributed by atoms with E-state index in [2.05, 4.69) is 10.2 Å². The minimum Gasteiger partial charge on any atom is -0.368 e. The number of carbonyl (C=O) groups excluding carboxylic acids is 1. The predicted molar refractivity (Wildman–Crippen MR) is 84.2 cm³/mol. The SMILES string of the molecule is CN(Cc1cccs1)C(=O)CSc1nnc(N)n1C1CC1. The quantitative estimate of drug-likeness (QED) is 0.823. The maximum Gasteiger partial charge on any atom is 0.233 e. The molecule has 0 unspecified atom stereocenters. The number of aromatic nitrogens is 3. The number of amides is 1. The van der Waals surface area contributed by atoms with Gasteiger partial charge in [-0.2, -0.15) is 0 Å². The summed E-state index contributed by atoms with van der Waals surface area (Å²) in [5.41, 5.74) is 5.82. The van der Waals surface area contributed by atoms with E-state index in [1.807, 2.05) is 29.1 Å². The summed E-state index contributed by atoms with van der Waals surface area (Å²) in [5, 5.41) is 10.7. The maximum atomic E-state index is 12.2. The van der Waals surface area contributed by atoms with Crippen LogP contribution in [0.5, 0.6) is 0 Å². The van der Waals surface area contributed by atoms with Crippen LogP contribution in [0.15, 0.2) is 22.7 Å². The lowest BCUT2D eigenvalue weighted by molar-refractivity contribution is -0.127. The van der Waals surface area contributed by atoms with Gasteiger partial charge in [-0.3, -0.25) is 9.36 Å². The molecule has 0 bridgehead atoms. The van der Waals surface area contributed by atoms with E-state index in [4.69, 9.17) is 5.73 Å². The van der Waals surface area contributed by atoms with Gasteiger partial charge in [-0.15, -0.1) is 21.5 Å². The van der Waals surface area contributed by atoms with Gasteiger partial charge in [-0.1, -0.05) is 17.8 Å². The van der Waals surface area contributed by atoms with E-state index in [1.165, 1.54) is 16.6 Å². The summed E-state index contributed by atoms with van der Waals surface area (Å²) in [6.45, 7) is 0.647. The average molecular weight is 323 g/mol. The number of hydrogen-bond donors (Lipinski definition) is 1. The van der Waals surface area contributed by atoms with Crippen LogP contribution in [0, 0.1) is 0 Å². The molecule has 0 radical (unpaired) electrons. The Morgan fingerprint density at radius 2 is 2.38 bits per heavy atom. The zero-order valence-electron chi connectivity index (χ0n) is 11.7. The second-order valence-electron chi connectivity index (χ2n) is 5.06. The summed E-state index contributed by atoms with van der Waals surface area (Å²) in [4.78, 5) is 15.1. The molecule has 2 N–H and O–H groups in total. The molecule has 21 heavy (non-hydrogen) atoms. The van der Waals surface area contributed by atoms with Crippen molar-refractivity contribution in [3.63, 3.8) is 0 Å². The molecule has 0 aromatic carbocycles. The highest BCUT2D eigenvalue weighted by molar-refractivity contribution is 7.99. The average Bonchev–Trinajstić information content (AvgIpc) is 3.04. The zero-order chi connectivity index (χ0) is 14.8. The Kier molecular flexibility index (Phi) is 4.16. The van der Waals surface area contributed by atoms with Crippen LogP contribution in [-0.2, 0) is 11.3 Å². The number of hydrogen-bond acceptors (Lipinski definition) is 6. The molecule has 0 aliphatic heterocycles. The molecule has 0 spiro atoms. The van der Waals surface area contributed by atoms with Gasteiger partial charge in [-0.25, -0.2) is 0 Å². The Balaban J connectivity index is 1.56. The van der Waals surface area contributed by atoms with Crippen molar-refractivity contribution in [2.45, 2.75) is 30.6 Å².